The van der Waals surface area contributed by atoms with Crippen LogP contribution in [0.5, 0.6) is 11.6 Å². The number of aromatic nitrogens is 3. The Balaban J connectivity index is 1.32. The van der Waals surface area contributed by atoms with Crippen LogP contribution in [-0.2, 0) is 0 Å². The van der Waals surface area contributed by atoms with E-state index in [0.717, 1.165) is 35.2 Å². The normalized spacial score (nSPS) is 17.4. The largest absolute Gasteiger partial charge is 0.507 e. The van der Waals surface area contributed by atoms with E-state index in [1.807, 2.05) is 30.3 Å². The van der Waals surface area contributed by atoms with Crippen molar-refractivity contribution in [2.45, 2.75) is 0 Å². The highest BCUT2D eigenvalue weighted by molar-refractivity contribution is 5.85. The first-order valence-electron chi connectivity index (χ1n) is 10.8. The lowest BCUT2D eigenvalue weighted by Crippen LogP contribution is -2.71. The van der Waals surface area contributed by atoms with Crippen molar-refractivity contribution in [2.24, 2.45) is 5.41 Å². The Morgan fingerprint density at radius 3 is 2.66 bits per heavy atom. The van der Waals surface area contributed by atoms with Crippen LogP contribution in [0, 0.1) is 5.41 Å². The molecule has 32 heavy (non-hydrogen) atoms. The van der Waals surface area contributed by atoms with Gasteiger partial charge in [-0.1, -0.05) is 6.07 Å². The lowest BCUT2D eigenvalue weighted by molar-refractivity contribution is -0.00237. The topological polar surface area (TPSA) is 77.5 Å². The molecule has 0 atom stereocenters. The van der Waals surface area contributed by atoms with Gasteiger partial charge in [-0.15, -0.1) is 0 Å². The van der Waals surface area contributed by atoms with Crippen LogP contribution in [0.3, 0.4) is 0 Å². The molecule has 2 aromatic carbocycles. The van der Waals surface area contributed by atoms with Gasteiger partial charge in [0.2, 0.25) is 5.88 Å². The number of phenolic OH excluding ortho intramolecular Hbond substituents is 1. The second-order valence-corrected chi connectivity index (χ2v) is 9.11. The van der Waals surface area contributed by atoms with Gasteiger partial charge < -0.3 is 24.6 Å². The van der Waals surface area contributed by atoms with E-state index >= 15 is 0 Å². The first kappa shape index (κ1) is 19.1. The minimum Gasteiger partial charge on any atom is -0.507 e. The third kappa shape index (κ3) is 3.00. The second-order valence-electron chi connectivity index (χ2n) is 9.11. The van der Waals surface area contributed by atoms with Crippen molar-refractivity contribution in [1.82, 2.24) is 19.9 Å². The van der Waals surface area contributed by atoms with Gasteiger partial charge >= 0.3 is 0 Å². The van der Waals surface area contributed by atoms with Gasteiger partial charge in [-0.3, -0.25) is 0 Å². The summed E-state index contributed by atoms with van der Waals surface area (Å²) in [5.74, 6) is 1.36. The number of benzene rings is 2. The number of fused-ring (bicyclic) bond motifs is 1. The van der Waals surface area contributed by atoms with Crippen molar-refractivity contribution >= 4 is 16.7 Å². The van der Waals surface area contributed by atoms with Gasteiger partial charge in [0.15, 0.2) is 0 Å². The lowest BCUT2D eigenvalue weighted by Gasteiger charge is -2.60. The van der Waals surface area contributed by atoms with Crippen molar-refractivity contribution in [2.75, 3.05) is 45.2 Å². The van der Waals surface area contributed by atoms with E-state index in [4.69, 9.17) is 9.72 Å². The van der Waals surface area contributed by atoms with Crippen LogP contribution >= 0.6 is 0 Å². The van der Waals surface area contributed by atoms with Gasteiger partial charge in [-0.05, 0) is 55.1 Å². The molecule has 2 N–H and O–H groups in total. The summed E-state index contributed by atoms with van der Waals surface area (Å²) in [6.07, 6.45) is 1.70. The molecular weight excluding hydrogens is 402 g/mol. The summed E-state index contributed by atoms with van der Waals surface area (Å²) >= 11 is 0. The molecule has 162 valence electrons. The highest BCUT2D eigenvalue weighted by Crippen LogP contribution is 2.42. The molecule has 2 aromatic heterocycles. The molecule has 4 aromatic rings. The number of likely N-dealkylation sites (tertiary alicyclic amines) is 1. The van der Waals surface area contributed by atoms with Crippen molar-refractivity contribution in [3.05, 3.63) is 54.7 Å². The third-order valence-corrected chi connectivity index (χ3v) is 6.62. The quantitative estimate of drug-likeness (QED) is 0.516. The monoisotopic (exact) mass is 427 g/mol. The van der Waals surface area contributed by atoms with Gasteiger partial charge in [-0.2, -0.15) is 0 Å². The first-order valence-corrected chi connectivity index (χ1v) is 10.8. The zero-order valence-electron chi connectivity index (χ0n) is 18.2. The fraction of sp³-hybridized carbons (Fsp3) is 0.280. The van der Waals surface area contributed by atoms with Gasteiger partial charge in [0.25, 0.3) is 0 Å². The van der Waals surface area contributed by atoms with E-state index in [2.05, 4.69) is 38.9 Å². The maximum absolute atomic E-state index is 10.6. The zero-order valence-corrected chi connectivity index (χ0v) is 18.2. The minimum absolute atomic E-state index is 0.176. The molecular formula is C25H25N5O2. The van der Waals surface area contributed by atoms with Crippen LogP contribution in [-0.4, -0.2) is 65.3 Å². The summed E-state index contributed by atoms with van der Waals surface area (Å²) in [5.41, 5.74) is 5.96. The number of methoxy groups -OCH3 is 1. The number of nitrogens with one attached hydrogen (secondary N) is 1. The number of nitrogens with zero attached hydrogens (tertiary/aromatic N) is 4. The molecule has 0 unspecified atom stereocenters. The standard InChI is InChI=1S/C25H25N5O2/c1-29-12-25(13-29)14-30(15-25)17-6-7-20-21(11-17)28-23(27-20)19-10-16(5-8-22(19)31)18-4-3-9-26-24(18)32-2/h3-11,31H,12-15H2,1-2H3,(H,27,28). The zero-order chi connectivity index (χ0) is 21.9. The summed E-state index contributed by atoms with van der Waals surface area (Å²) in [4.78, 5) is 17.2. The van der Waals surface area contributed by atoms with E-state index in [0.29, 0.717) is 22.7 Å². The number of H-pyrrole nitrogens is 1. The minimum atomic E-state index is 0.176. The molecule has 7 nitrogen and oxygen atoms in total. The second kappa shape index (κ2) is 6.97. The molecule has 0 bridgehead atoms. The number of phenols is 1. The molecule has 4 heterocycles. The number of aromatic hydroxyl groups is 1. The average molecular weight is 428 g/mol. The maximum Gasteiger partial charge on any atom is 0.221 e. The summed E-state index contributed by atoms with van der Waals surface area (Å²) in [6, 6.07) is 15.6. The Hall–Kier alpha value is -3.58. The van der Waals surface area contributed by atoms with Gasteiger partial charge in [0.1, 0.15) is 11.6 Å². The Kier molecular flexibility index (Phi) is 4.16. The maximum atomic E-state index is 10.6. The van der Waals surface area contributed by atoms with Crippen LogP contribution in [0.4, 0.5) is 5.69 Å². The molecule has 0 amide bonds. The van der Waals surface area contributed by atoms with Crippen molar-refractivity contribution in [3.8, 4) is 34.1 Å². The third-order valence-electron chi connectivity index (χ3n) is 6.62. The fourth-order valence-corrected chi connectivity index (χ4v) is 5.23. The number of rotatable bonds is 4. The van der Waals surface area contributed by atoms with E-state index < -0.39 is 0 Å². The molecule has 7 heteroatoms. The van der Waals surface area contributed by atoms with Crippen LogP contribution in [0.15, 0.2) is 54.7 Å². The van der Waals surface area contributed by atoms with Crippen molar-refractivity contribution < 1.29 is 9.84 Å². The Morgan fingerprint density at radius 1 is 1.03 bits per heavy atom. The summed E-state index contributed by atoms with van der Waals surface area (Å²) in [7, 11) is 3.79. The molecule has 2 fully saturated rings. The Labute approximate surface area is 186 Å². The number of hydrogen-bond acceptors (Lipinski definition) is 6. The molecule has 0 radical (unpaired) electrons. The van der Waals surface area contributed by atoms with Gasteiger partial charge in [-0.25, -0.2) is 9.97 Å². The number of imidazole rings is 1. The van der Waals surface area contributed by atoms with Crippen LogP contribution in [0.2, 0.25) is 0 Å². The van der Waals surface area contributed by atoms with Crippen molar-refractivity contribution in [3.63, 3.8) is 0 Å². The Bertz CT molecular complexity index is 1320. The predicted molar refractivity (Wildman–Crippen MR) is 125 cm³/mol. The van der Waals surface area contributed by atoms with Gasteiger partial charge in [0, 0.05) is 49.0 Å². The lowest BCUT2D eigenvalue weighted by atomic mass is 9.73. The fourth-order valence-electron chi connectivity index (χ4n) is 5.23. The van der Waals surface area contributed by atoms with E-state index in [-0.39, 0.29) is 5.75 Å². The van der Waals surface area contributed by atoms with Crippen LogP contribution < -0.4 is 9.64 Å². The first-order chi connectivity index (χ1) is 15.5. The number of ether oxygens (including phenoxy) is 1. The molecule has 2 saturated heterocycles. The van der Waals surface area contributed by atoms with E-state index in [9.17, 15) is 5.11 Å². The summed E-state index contributed by atoms with van der Waals surface area (Å²) < 4.78 is 5.40. The average Bonchev–Trinajstić information content (AvgIpc) is 3.18. The molecule has 6 rings (SSSR count). The van der Waals surface area contributed by atoms with Crippen LogP contribution in [0.1, 0.15) is 0 Å². The van der Waals surface area contributed by atoms with E-state index in [1.165, 1.54) is 18.8 Å². The van der Waals surface area contributed by atoms with Crippen molar-refractivity contribution in [1.29, 1.82) is 0 Å². The summed E-state index contributed by atoms with van der Waals surface area (Å²) in [6.45, 7) is 4.60. The predicted octanol–water partition coefficient (Wildman–Crippen LogP) is 3.76. The van der Waals surface area contributed by atoms with Crippen LogP contribution in [0.25, 0.3) is 33.5 Å². The number of pyridine rings is 1. The number of anilines is 1. The smallest absolute Gasteiger partial charge is 0.221 e. The molecule has 2 aliphatic heterocycles. The highest BCUT2D eigenvalue weighted by atomic mass is 16.5. The SMILES string of the molecule is COc1ncccc1-c1ccc(O)c(-c2nc3ccc(N4CC5(CN(C)C5)C4)cc3[nH]2)c1. The van der Waals surface area contributed by atoms with Gasteiger partial charge in [0.05, 0.1) is 23.7 Å². The molecule has 0 aliphatic carbocycles. The number of aromatic amines is 1. The summed E-state index contributed by atoms with van der Waals surface area (Å²) in [5, 5.41) is 10.6. The molecule has 1 spiro atoms. The highest BCUT2D eigenvalue weighted by Gasteiger charge is 2.50. The molecule has 0 saturated carbocycles. The molecule has 2 aliphatic rings. The Morgan fingerprint density at radius 2 is 1.88 bits per heavy atom. The van der Waals surface area contributed by atoms with E-state index in [1.54, 1.807) is 19.4 Å². The number of hydrogen-bond donors (Lipinski definition) is 2.